The van der Waals surface area contributed by atoms with Crippen molar-refractivity contribution in [2.24, 2.45) is 0 Å². The Bertz CT molecular complexity index is 1220. The SMILES string of the molecule is O=[N+]([O-])c1c(Nc2ncc(C(F)(F)F)cc2Cl)ncnc1N1CCN(c2ccccc2F)CC1. The molecule has 34 heavy (non-hydrogen) atoms. The minimum Gasteiger partial charge on any atom is -0.366 e. The molecule has 1 aromatic carbocycles. The number of hydrogen-bond donors (Lipinski definition) is 1. The highest BCUT2D eigenvalue weighted by molar-refractivity contribution is 6.33. The summed E-state index contributed by atoms with van der Waals surface area (Å²) in [4.78, 5) is 26.2. The van der Waals surface area contributed by atoms with Crippen molar-refractivity contribution in [3.63, 3.8) is 0 Å². The van der Waals surface area contributed by atoms with E-state index in [2.05, 4.69) is 20.3 Å². The fraction of sp³-hybridized carbons (Fsp3) is 0.250. The maximum Gasteiger partial charge on any atom is 0.417 e. The zero-order chi connectivity index (χ0) is 24.5. The maximum atomic E-state index is 14.1. The first-order chi connectivity index (χ1) is 16.1. The van der Waals surface area contributed by atoms with Gasteiger partial charge in [-0.05, 0) is 18.2 Å². The van der Waals surface area contributed by atoms with Crippen LogP contribution in [0.5, 0.6) is 0 Å². The van der Waals surface area contributed by atoms with Crippen molar-refractivity contribution in [3.05, 3.63) is 69.4 Å². The van der Waals surface area contributed by atoms with E-state index < -0.39 is 22.4 Å². The number of benzene rings is 1. The largest absolute Gasteiger partial charge is 0.417 e. The minimum absolute atomic E-state index is 0.0127. The summed E-state index contributed by atoms with van der Waals surface area (Å²) in [6.45, 7) is 1.39. The van der Waals surface area contributed by atoms with E-state index in [0.29, 0.717) is 44.1 Å². The highest BCUT2D eigenvalue weighted by atomic mass is 35.5. The number of rotatable bonds is 5. The minimum atomic E-state index is -4.64. The Balaban J connectivity index is 1.58. The van der Waals surface area contributed by atoms with Gasteiger partial charge in [-0.1, -0.05) is 23.7 Å². The number of aromatic nitrogens is 3. The Hall–Kier alpha value is -3.74. The molecule has 9 nitrogen and oxygen atoms in total. The van der Waals surface area contributed by atoms with Gasteiger partial charge in [-0.25, -0.2) is 19.3 Å². The first-order valence-electron chi connectivity index (χ1n) is 9.88. The molecule has 0 unspecified atom stereocenters. The zero-order valence-corrected chi connectivity index (χ0v) is 18.0. The third-order valence-corrected chi connectivity index (χ3v) is 5.45. The average Bonchev–Trinajstić information content (AvgIpc) is 2.80. The Labute approximate surface area is 195 Å². The molecule has 4 rings (SSSR count). The van der Waals surface area contributed by atoms with Gasteiger partial charge < -0.3 is 15.1 Å². The Morgan fingerprint density at radius 3 is 2.32 bits per heavy atom. The topological polar surface area (TPSA) is 100 Å². The van der Waals surface area contributed by atoms with Crippen LogP contribution in [0.4, 0.5) is 46.4 Å². The normalized spacial score (nSPS) is 14.3. The molecule has 178 valence electrons. The number of para-hydroxylation sites is 1. The monoisotopic (exact) mass is 497 g/mol. The summed E-state index contributed by atoms with van der Waals surface area (Å²) in [5.41, 5.74) is -1.11. The van der Waals surface area contributed by atoms with E-state index in [1.807, 2.05) is 4.90 Å². The highest BCUT2D eigenvalue weighted by Crippen LogP contribution is 2.37. The van der Waals surface area contributed by atoms with E-state index in [1.165, 1.54) is 6.07 Å². The molecule has 1 N–H and O–H groups in total. The molecule has 0 aliphatic carbocycles. The van der Waals surface area contributed by atoms with Crippen LogP contribution < -0.4 is 15.1 Å². The number of nitrogens with one attached hydrogen (secondary N) is 1. The summed E-state index contributed by atoms with van der Waals surface area (Å²) in [7, 11) is 0. The van der Waals surface area contributed by atoms with Gasteiger partial charge in [0.15, 0.2) is 5.82 Å². The van der Waals surface area contributed by atoms with Crippen LogP contribution in [0.2, 0.25) is 5.02 Å². The van der Waals surface area contributed by atoms with Crippen molar-refractivity contribution in [3.8, 4) is 0 Å². The van der Waals surface area contributed by atoms with Crippen LogP contribution in [-0.2, 0) is 6.18 Å². The van der Waals surface area contributed by atoms with Crippen LogP contribution in [-0.4, -0.2) is 46.1 Å². The fourth-order valence-electron chi connectivity index (χ4n) is 3.52. The summed E-state index contributed by atoms with van der Waals surface area (Å²) in [5, 5.41) is 14.0. The molecular weight excluding hydrogens is 482 g/mol. The standard InChI is InChI=1S/C20H16ClF4N7O2/c21-13-9-12(20(23,24)25)10-26-17(13)29-18-16(32(33)34)19(28-11-27-18)31-7-5-30(6-8-31)15-4-2-1-3-14(15)22/h1-4,9-11H,5-8H2,(H,26,27,28,29). The lowest BCUT2D eigenvalue weighted by Gasteiger charge is -2.36. The van der Waals surface area contributed by atoms with E-state index >= 15 is 0 Å². The molecule has 0 amide bonds. The molecule has 1 aliphatic rings. The molecule has 1 saturated heterocycles. The van der Waals surface area contributed by atoms with E-state index in [9.17, 15) is 27.7 Å². The number of halogens is 5. The van der Waals surface area contributed by atoms with Crippen LogP contribution in [0, 0.1) is 15.9 Å². The molecule has 14 heteroatoms. The molecular formula is C20H16ClF4N7O2. The first-order valence-corrected chi connectivity index (χ1v) is 10.3. The van der Waals surface area contributed by atoms with Gasteiger partial charge in [0.05, 0.1) is 21.2 Å². The fourth-order valence-corrected chi connectivity index (χ4v) is 3.74. The number of piperazine rings is 1. The Morgan fingerprint density at radius 2 is 1.71 bits per heavy atom. The van der Waals surface area contributed by atoms with E-state index in [1.54, 1.807) is 23.1 Å². The lowest BCUT2D eigenvalue weighted by molar-refractivity contribution is -0.383. The van der Waals surface area contributed by atoms with Crippen LogP contribution in [0.15, 0.2) is 42.9 Å². The van der Waals surface area contributed by atoms with Crippen molar-refractivity contribution >= 4 is 40.4 Å². The molecule has 3 heterocycles. The van der Waals surface area contributed by atoms with Gasteiger partial charge in [-0.2, -0.15) is 13.2 Å². The van der Waals surface area contributed by atoms with Crippen molar-refractivity contribution < 1.29 is 22.5 Å². The molecule has 0 atom stereocenters. The summed E-state index contributed by atoms with van der Waals surface area (Å²) >= 11 is 5.91. The quantitative estimate of drug-likeness (QED) is 0.308. The third-order valence-electron chi connectivity index (χ3n) is 5.16. The van der Waals surface area contributed by atoms with Gasteiger partial charge in [-0.15, -0.1) is 0 Å². The average molecular weight is 498 g/mol. The number of anilines is 4. The second-order valence-corrected chi connectivity index (χ2v) is 7.66. The first kappa shape index (κ1) is 23.4. The summed E-state index contributed by atoms with van der Waals surface area (Å²) in [6, 6.07) is 6.98. The molecule has 0 spiro atoms. The third kappa shape index (κ3) is 4.78. The van der Waals surface area contributed by atoms with Crippen LogP contribution in [0.1, 0.15) is 5.56 Å². The molecule has 0 bridgehead atoms. The number of pyridine rings is 1. The molecule has 0 saturated carbocycles. The Morgan fingerprint density at radius 1 is 1.03 bits per heavy atom. The molecule has 1 fully saturated rings. The summed E-state index contributed by atoms with van der Waals surface area (Å²) < 4.78 is 52.7. The van der Waals surface area contributed by atoms with Crippen LogP contribution in [0.3, 0.4) is 0 Å². The van der Waals surface area contributed by atoms with Crippen LogP contribution >= 0.6 is 11.6 Å². The molecule has 3 aromatic rings. The van der Waals surface area contributed by atoms with Crippen molar-refractivity contribution in [2.45, 2.75) is 6.18 Å². The summed E-state index contributed by atoms with van der Waals surface area (Å²) in [6.07, 6.45) is -3.00. The van der Waals surface area contributed by atoms with Crippen molar-refractivity contribution in [1.82, 2.24) is 15.0 Å². The second-order valence-electron chi connectivity index (χ2n) is 7.25. The zero-order valence-electron chi connectivity index (χ0n) is 17.3. The predicted molar refractivity (Wildman–Crippen MR) is 117 cm³/mol. The number of alkyl halides is 3. The van der Waals surface area contributed by atoms with E-state index in [4.69, 9.17) is 11.6 Å². The van der Waals surface area contributed by atoms with Gasteiger partial charge >= 0.3 is 11.9 Å². The van der Waals surface area contributed by atoms with E-state index in [-0.39, 0.29) is 28.3 Å². The van der Waals surface area contributed by atoms with Crippen molar-refractivity contribution in [1.29, 1.82) is 0 Å². The smallest absolute Gasteiger partial charge is 0.366 e. The van der Waals surface area contributed by atoms with Crippen LogP contribution in [0.25, 0.3) is 0 Å². The van der Waals surface area contributed by atoms with E-state index in [0.717, 1.165) is 6.33 Å². The summed E-state index contributed by atoms with van der Waals surface area (Å²) in [5.74, 6) is -0.859. The molecule has 1 aliphatic heterocycles. The van der Waals surface area contributed by atoms with Gasteiger partial charge in [0.25, 0.3) is 0 Å². The number of nitro groups is 1. The lowest BCUT2D eigenvalue weighted by atomic mass is 10.2. The maximum absolute atomic E-state index is 14.1. The van der Waals surface area contributed by atoms with Gasteiger partial charge in [0.2, 0.25) is 11.6 Å². The van der Waals surface area contributed by atoms with Gasteiger partial charge in [0, 0.05) is 32.4 Å². The highest BCUT2D eigenvalue weighted by Gasteiger charge is 2.33. The van der Waals surface area contributed by atoms with Gasteiger partial charge in [0.1, 0.15) is 12.1 Å². The second kappa shape index (κ2) is 9.25. The Kier molecular flexibility index (Phi) is 6.37. The molecule has 2 aromatic heterocycles. The lowest BCUT2D eigenvalue weighted by Crippen LogP contribution is -2.47. The van der Waals surface area contributed by atoms with Crippen molar-refractivity contribution in [2.75, 3.05) is 41.3 Å². The number of nitrogens with zero attached hydrogens (tertiary/aromatic N) is 6. The molecule has 0 radical (unpaired) electrons. The predicted octanol–water partition coefficient (Wildman–Crippen LogP) is 4.66. The van der Waals surface area contributed by atoms with Gasteiger partial charge in [-0.3, -0.25) is 10.1 Å². The number of hydrogen-bond acceptors (Lipinski definition) is 8.